The zero-order valence-corrected chi connectivity index (χ0v) is 20.7. The topological polar surface area (TPSA) is 147 Å². The normalized spacial score (nSPS) is 32.5. The van der Waals surface area contributed by atoms with E-state index in [9.17, 15) is 31.6 Å². The predicted molar refractivity (Wildman–Crippen MR) is 118 cm³/mol. The lowest BCUT2D eigenvalue weighted by atomic mass is 10.00. The van der Waals surface area contributed by atoms with Crippen LogP contribution in [-0.2, 0) is 46.5 Å². The third-order valence-electron chi connectivity index (χ3n) is 6.08. The Hall–Kier alpha value is -1.44. The lowest BCUT2D eigenvalue weighted by Crippen LogP contribution is -2.73. The number of rotatable bonds is 6. The van der Waals surface area contributed by atoms with E-state index in [1.54, 1.807) is 6.92 Å². The van der Waals surface area contributed by atoms with Crippen molar-refractivity contribution in [3.63, 3.8) is 0 Å². The van der Waals surface area contributed by atoms with E-state index in [1.807, 2.05) is 0 Å². The van der Waals surface area contributed by atoms with Gasteiger partial charge in [0.05, 0.1) is 26.9 Å². The highest BCUT2D eigenvalue weighted by atomic mass is 35.6. The smallest absolute Gasteiger partial charge is 0.333 e. The highest BCUT2D eigenvalue weighted by Gasteiger charge is 2.88. The van der Waals surface area contributed by atoms with Gasteiger partial charge in [-0.25, -0.2) is 4.79 Å². The van der Waals surface area contributed by atoms with Crippen molar-refractivity contribution >= 4 is 73.5 Å². The van der Waals surface area contributed by atoms with Gasteiger partial charge in [0.25, 0.3) is 10.1 Å². The Bertz CT molecular complexity index is 1200. The molecule has 1 aromatic rings. The fraction of sp³-hybridized carbons (Fsp3) is 0.500. The van der Waals surface area contributed by atoms with E-state index in [-0.39, 0.29) is 12.0 Å². The number of esters is 1. The van der Waals surface area contributed by atoms with Gasteiger partial charge >= 0.3 is 5.97 Å². The maximum Gasteiger partial charge on any atom is 0.333 e. The molecule has 4 rings (SSSR count). The van der Waals surface area contributed by atoms with Crippen LogP contribution in [0, 0.1) is 0 Å². The fourth-order valence-electron chi connectivity index (χ4n) is 4.46. The monoisotopic (exact) mass is 558 g/mol. The van der Waals surface area contributed by atoms with Gasteiger partial charge < -0.3 is 15.0 Å². The zero-order valence-electron chi connectivity index (χ0n) is 16.8. The molecule has 180 valence electrons. The van der Waals surface area contributed by atoms with Crippen LogP contribution in [-0.4, -0.2) is 72.0 Å². The third kappa shape index (κ3) is 3.84. The van der Waals surface area contributed by atoms with Crippen molar-refractivity contribution < 1.29 is 36.3 Å². The second-order valence-corrected chi connectivity index (χ2v) is 14.0. The molecule has 2 aliphatic heterocycles. The number of benzene rings is 1. The Labute approximate surface area is 206 Å². The van der Waals surface area contributed by atoms with E-state index in [1.165, 1.54) is 18.2 Å². The molecule has 33 heavy (non-hydrogen) atoms. The maximum atomic E-state index is 13.1. The van der Waals surface area contributed by atoms with E-state index >= 15 is 0 Å². The molecule has 10 nitrogen and oxygen atoms in total. The maximum absolute atomic E-state index is 13.1. The van der Waals surface area contributed by atoms with Crippen molar-refractivity contribution in [2.24, 2.45) is 0 Å². The van der Waals surface area contributed by atoms with Crippen LogP contribution in [0.1, 0.15) is 18.9 Å². The zero-order chi connectivity index (χ0) is 24.6. The number of nitrogens with one attached hydrogen (secondary N) is 1. The van der Waals surface area contributed by atoms with Crippen molar-refractivity contribution in [3.05, 3.63) is 29.8 Å². The average molecular weight is 560 g/mol. The van der Waals surface area contributed by atoms with Gasteiger partial charge in [0, 0.05) is 6.42 Å². The lowest BCUT2D eigenvalue weighted by Gasteiger charge is -2.45. The summed E-state index contributed by atoms with van der Waals surface area (Å²) in [6.07, 6.45) is -0.345. The van der Waals surface area contributed by atoms with Gasteiger partial charge in [-0.15, -0.1) is 0 Å². The minimum Gasteiger partial charge on any atom is -0.459 e. The quantitative estimate of drug-likeness (QED) is 0.224. The summed E-state index contributed by atoms with van der Waals surface area (Å²) in [5.41, 5.74) is -1.44. The van der Waals surface area contributed by atoms with Crippen molar-refractivity contribution in [1.29, 1.82) is 0 Å². The summed E-state index contributed by atoms with van der Waals surface area (Å²) < 4.78 is 47.6. The number of hydrogen-bond acceptors (Lipinski definition) is 7. The van der Waals surface area contributed by atoms with Crippen LogP contribution in [0.3, 0.4) is 0 Å². The summed E-state index contributed by atoms with van der Waals surface area (Å²) in [5, 5.41) is 1.49. The van der Waals surface area contributed by atoms with Crippen LogP contribution >= 0.6 is 34.8 Å². The molecule has 0 radical (unpaired) electrons. The first-order valence-electron chi connectivity index (χ1n) is 9.46. The van der Waals surface area contributed by atoms with Gasteiger partial charge in [-0.2, -0.15) is 8.42 Å². The molecular weight excluding hydrogens is 543 g/mol. The predicted octanol–water partition coefficient (Wildman–Crippen LogP) is 0.706. The van der Waals surface area contributed by atoms with Crippen molar-refractivity contribution in [3.8, 4) is 0 Å². The van der Waals surface area contributed by atoms with Crippen molar-refractivity contribution in [1.82, 2.24) is 10.2 Å². The molecule has 0 bridgehead atoms. The van der Waals surface area contributed by atoms with Crippen molar-refractivity contribution in [2.75, 3.05) is 6.61 Å². The lowest BCUT2D eigenvalue weighted by molar-refractivity contribution is -0.166. The minimum atomic E-state index is -4.56. The van der Waals surface area contributed by atoms with E-state index in [2.05, 4.69) is 5.32 Å². The molecule has 1 saturated carbocycles. The molecule has 1 aromatic carbocycles. The van der Waals surface area contributed by atoms with Gasteiger partial charge in [0.15, 0.2) is 5.54 Å². The van der Waals surface area contributed by atoms with E-state index in [0.29, 0.717) is 0 Å². The van der Waals surface area contributed by atoms with E-state index < -0.39 is 82.1 Å². The molecule has 2 heterocycles. The second kappa shape index (κ2) is 7.79. The molecule has 2 amide bonds. The average Bonchev–Trinajstić information content (AvgIpc) is 3.29. The van der Waals surface area contributed by atoms with Crippen LogP contribution in [0.2, 0.25) is 0 Å². The van der Waals surface area contributed by atoms with Crippen LogP contribution < -0.4 is 5.32 Å². The fourth-order valence-corrected chi connectivity index (χ4v) is 7.65. The molecule has 3 fully saturated rings. The minimum absolute atomic E-state index is 0.0234. The molecule has 0 spiro atoms. The Balaban J connectivity index is 1.49. The number of alkyl halides is 3. The summed E-state index contributed by atoms with van der Waals surface area (Å²) in [4.78, 5) is 38.9. The SMILES string of the molecule is CC12CC1(C(=O)OCC(Cl)(Cl)Cl)N1C(=O)C(NC(=O)Cc3ccccc3S(=O)(=O)O)[C@H]1S2=O. The van der Waals surface area contributed by atoms with Crippen molar-refractivity contribution in [2.45, 2.75) is 50.2 Å². The number of β-lactam (4-membered cyclic amide) rings is 1. The molecule has 4 unspecified atom stereocenters. The van der Waals surface area contributed by atoms with Gasteiger partial charge in [0.1, 0.15) is 18.0 Å². The number of carbonyl (C=O) groups excluding carboxylic acids is 3. The van der Waals surface area contributed by atoms with Crippen LogP contribution in [0.15, 0.2) is 29.2 Å². The van der Waals surface area contributed by atoms with Gasteiger partial charge in [-0.3, -0.25) is 18.4 Å². The second-order valence-electron chi connectivity index (χ2n) is 8.16. The molecule has 2 saturated heterocycles. The van der Waals surface area contributed by atoms with Crippen LogP contribution in [0.5, 0.6) is 0 Å². The summed E-state index contributed by atoms with van der Waals surface area (Å²) in [5.74, 6) is -2.19. The number of halogens is 3. The number of fused-ring (bicyclic) bond motifs is 3. The standard InChI is InChI=1S/C18H17Cl3N2O8S2/c1-16-7-17(16,15(26)31-8-18(19,20)21)23-13(25)12(14(23)32(16)27)22-11(24)6-9-4-2-3-5-10(9)33(28,29)30/h2-5,12,14H,6-8H2,1H3,(H,22,24)(H,28,29,30)/t12?,14-,16?,17?,32?/m1/s1. The van der Waals surface area contributed by atoms with E-state index in [4.69, 9.17) is 39.5 Å². The molecule has 1 aliphatic carbocycles. The Morgan fingerprint density at radius 2 is 1.97 bits per heavy atom. The first-order chi connectivity index (χ1) is 15.1. The molecule has 3 aliphatic rings. The highest BCUT2D eigenvalue weighted by Crippen LogP contribution is 2.66. The highest BCUT2D eigenvalue weighted by molar-refractivity contribution is 7.88. The molecule has 15 heteroatoms. The molecule has 2 N–H and O–H groups in total. The van der Waals surface area contributed by atoms with Gasteiger partial charge in [-0.05, 0) is 18.6 Å². The van der Waals surface area contributed by atoms with Crippen LogP contribution in [0.4, 0.5) is 0 Å². The summed E-state index contributed by atoms with van der Waals surface area (Å²) in [7, 11) is -6.27. The molecule has 5 atom stereocenters. The van der Waals surface area contributed by atoms with Gasteiger partial charge in [0.2, 0.25) is 15.6 Å². The number of ether oxygens (including phenoxy) is 1. The summed E-state index contributed by atoms with van der Waals surface area (Å²) in [6.45, 7) is 1.02. The largest absolute Gasteiger partial charge is 0.459 e. The summed E-state index contributed by atoms with van der Waals surface area (Å²) >= 11 is 16.8. The molecule has 0 aromatic heterocycles. The van der Waals surface area contributed by atoms with E-state index in [0.717, 1.165) is 11.0 Å². The number of amides is 2. The number of hydrogen-bond donors (Lipinski definition) is 2. The molecular formula is C18H17Cl3N2O8S2. The third-order valence-corrected chi connectivity index (χ3v) is 9.66. The number of carbonyl (C=O) groups is 3. The number of nitrogens with zero attached hydrogens (tertiary/aromatic N) is 1. The Morgan fingerprint density at radius 1 is 1.33 bits per heavy atom. The summed E-state index contributed by atoms with van der Waals surface area (Å²) in [6, 6.07) is 4.19. The Morgan fingerprint density at radius 3 is 2.58 bits per heavy atom. The first kappa shape index (κ1) is 24.7. The first-order valence-corrected chi connectivity index (χ1v) is 13.2. The Kier molecular flexibility index (Phi) is 5.82. The van der Waals surface area contributed by atoms with Crippen LogP contribution in [0.25, 0.3) is 0 Å². The van der Waals surface area contributed by atoms with Gasteiger partial charge in [-0.1, -0.05) is 53.0 Å².